The molecule has 0 N–H and O–H groups in total. The first kappa shape index (κ1) is 25.7. The van der Waals surface area contributed by atoms with Crippen LogP contribution < -0.4 is 0 Å². The van der Waals surface area contributed by atoms with Crippen molar-refractivity contribution in [2.24, 2.45) is 0 Å². The second-order valence-electron chi connectivity index (χ2n) is 7.53. The van der Waals surface area contributed by atoms with Gasteiger partial charge in [-0.1, -0.05) is 94.3 Å². The number of benzene rings is 1. The van der Waals surface area contributed by atoms with Crippen LogP contribution in [0.25, 0.3) is 11.6 Å². The molecule has 1 aromatic rings. The molecule has 1 aromatic carbocycles. The molecule has 0 aliphatic carbocycles. The summed E-state index contributed by atoms with van der Waals surface area (Å²) < 4.78 is 43.4. The van der Waals surface area contributed by atoms with Crippen LogP contribution in [0.4, 0.5) is 13.2 Å². The van der Waals surface area contributed by atoms with E-state index in [1.165, 1.54) is 6.08 Å². The van der Waals surface area contributed by atoms with Gasteiger partial charge in [-0.15, -0.1) is 0 Å². The quantitative estimate of drug-likeness (QED) is 0.333. The van der Waals surface area contributed by atoms with E-state index in [4.69, 9.17) is 0 Å². The van der Waals surface area contributed by atoms with Crippen molar-refractivity contribution < 1.29 is 13.2 Å². The molecule has 0 saturated carbocycles. The third-order valence-corrected chi connectivity index (χ3v) is 4.97. The van der Waals surface area contributed by atoms with Gasteiger partial charge < -0.3 is 0 Å². The lowest BCUT2D eigenvalue weighted by atomic mass is 9.85. The fourth-order valence-corrected chi connectivity index (χ4v) is 3.62. The lowest BCUT2D eigenvalue weighted by Gasteiger charge is -2.22. The molecule has 0 aliphatic heterocycles. The van der Waals surface area contributed by atoms with Gasteiger partial charge in [-0.05, 0) is 61.0 Å². The average Bonchev–Trinajstić information content (AvgIpc) is 2.68. The summed E-state index contributed by atoms with van der Waals surface area (Å²) in [6, 6.07) is 6.62. The van der Waals surface area contributed by atoms with Crippen LogP contribution in [0.2, 0.25) is 0 Å². The lowest BCUT2D eigenvalue weighted by Crippen LogP contribution is -2.16. The smallest absolute Gasteiger partial charge is 0.166 e. The number of hydrogen-bond donors (Lipinski definition) is 0. The molecular formula is C27H35F3. The summed E-state index contributed by atoms with van der Waals surface area (Å²) >= 11 is 0. The summed E-state index contributed by atoms with van der Waals surface area (Å²) in [5, 5.41) is 0. The molecular weight excluding hydrogens is 381 g/mol. The van der Waals surface area contributed by atoms with Crippen LogP contribution in [0, 0.1) is 0 Å². The van der Waals surface area contributed by atoms with E-state index in [1.807, 2.05) is 45.9 Å². The fraction of sp³-hybridized carbons (Fsp3) is 0.407. The van der Waals surface area contributed by atoms with E-state index in [2.05, 4.69) is 13.5 Å². The van der Waals surface area contributed by atoms with E-state index in [0.717, 1.165) is 30.4 Å². The van der Waals surface area contributed by atoms with E-state index in [0.29, 0.717) is 29.6 Å². The van der Waals surface area contributed by atoms with E-state index in [9.17, 15) is 13.2 Å². The number of halogens is 3. The average molecular weight is 417 g/mol. The Morgan fingerprint density at radius 3 is 2.13 bits per heavy atom. The molecule has 0 spiro atoms. The van der Waals surface area contributed by atoms with Gasteiger partial charge in [-0.2, -0.15) is 13.2 Å². The van der Waals surface area contributed by atoms with Gasteiger partial charge in [0.15, 0.2) is 0 Å². The van der Waals surface area contributed by atoms with Crippen LogP contribution >= 0.6 is 0 Å². The molecule has 0 atom stereocenters. The van der Waals surface area contributed by atoms with Gasteiger partial charge >= 0.3 is 6.18 Å². The first-order chi connectivity index (χ1) is 14.2. The molecule has 0 nitrogen and oxygen atoms in total. The minimum absolute atomic E-state index is 0.188. The van der Waals surface area contributed by atoms with E-state index in [-0.39, 0.29) is 5.56 Å². The minimum atomic E-state index is -4.47. The highest BCUT2D eigenvalue weighted by Crippen LogP contribution is 2.43. The third kappa shape index (κ3) is 7.19. The zero-order chi connectivity index (χ0) is 22.7. The van der Waals surface area contributed by atoms with Crippen LogP contribution in [0.1, 0.15) is 77.8 Å². The van der Waals surface area contributed by atoms with Gasteiger partial charge in [0.1, 0.15) is 0 Å². The van der Waals surface area contributed by atoms with Crippen molar-refractivity contribution in [3.8, 4) is 0 Å². The second kappa shape index (κ2) is 12.4. The molecule has 0 radical (unpaired) electrons. The van der Waals surface area contributed by atoms with E-state index in [1.54, 1.807) is 24.3 Å². The molecule has 1 rings (SSSR count). The molecule has 164 valence electrons. The minimum Gasteiger partial charge on any atom is -0.166 e. The Morgan fingerprint density at radius 2 is 1.60 bits per heavy atom. The van der Waals surface area contributed by atoms with Crippen molar-refractivity contribution in [1.82, 2.24) is 0 Å². The molecule has 3 heteroatoms. The topological polar surface area (TPSA) is 0 Å². The second-order valence-corrected chi connectivity index (χ2v) is 7.53. The Morgan fingerprint density at radius 1 is 0.967 bits per heavy atom. The summed E-state index contributed by atoms with van der Waals surface area (Å²) in [7, 11) is 0. The number of allylic oxidation sites excluding steroid dienone is 8. The van der Waals surface area contributed by atoms with Gasteiger partial charge in [0.25, 0.3) is 0 Å². The first-order valence-electron chi connectivity index (χ1n) is 10.8. The summed E-state index contributed by atoms with van der Waals surface area (Å²) in [4.78, 5) is 0. The van der Waals surface area contributed by atoms with E-state index < -0.39 is 11.7 Å². The maximum Gasteiger partial charge on any atom is 0.417 e. The SMILES string of the molecule is C=Cc1ccccc1/C(=C(CCC)/C(=C/C=C(/C)CCC)C(/C)=C\CC)C(F)(F)F. The largest absolute Gasteiger partial charge is 0.417 e. The van der Waals surface area contributed by atoms with Gasteiger partial charge in [0.2, 0.25) is 0 Å². The molecule has 0 unspecified atom stereocenters. The van der Waals surface area contributed by atoms with Crippen LogP contribution in [-0.2, 0) is 0 Å². The molecule has 0 saturated heterocycles. The Bertz CT molecular complexity index is 830. The van der Waals surface area contributed by atoms with Gasteiger partial charge in [-0.25, -0.2) is 0 Å². The predicted octanol–water partition coefficient (Wildman–Crippen LogP) is 9.47. The summed E-state index contributed by atoms with van der Waals surface area (Å²) in [6.45, 7) is 13.7. The molecule has 0 aromatic heterocycles. The van der Waals surface area contributed by atoms with Crippen LogP contribution in [0.3, 0.4) is 0 Å². The summed E-state index contributed by atoms with van der Waals surface area (Å²) in [6.07, 6.45) is 6.54. The summed E-state index contributed by atoms with van der Waals surface area (Å²) in [5.41, 5.74) is 3.17. The molecule has 0 heterocycles. The number of alkyl halides is 3. The van der Waals surface area contributed by atoms with Gasteiger partial charge in [0.05, 0.1) is 5.57 Å². The zero-order valence-corrected chi connectivity index (χ0v) is 19.0. The Hall–Kier alpha value is -2.29. The molecule has 0 amide bonds. The van der Waals surface area contributed by atoms with Crippen molar-refractivity contribution >= 4 is 11.6 Å². The van der Waals surface area contributed by atoms with Gasteiger partial charge in [-0.3, -0.25) is 0 Å². The molecule has 0 bridgehead atoms. The zero-order valence-electron chi connectivity index (χ0n) is 19.0. The maximum absolute atomic E-state index is 14.5. The standard InChI is InChI=1S/C27H35F3/c1-7-13-20(5)18-19-23(21(6)14-8-2)25(15-9-3)26(27(28,29)30)24-17-12-11-16-22(24)10-4/h10-12,14,16-19H,4,7-9,13,15H2,1-3,5-6H3/b20-18-,21-14-,23-19+,26-25-. The van der Waals surface area contributed by atoms with Crippen molar-refractivity contribution in [1.29, 1.82) is 0 Å². The Balaban J connectivity index is 3.98. The monoisotopic (exact) mass is 416 g/mol. The predicted molar refractivity (Wildman–Crippen MR) is 125 cm³/mol. The van der Waals surface area contributed by atoms with E-state index >= 15 is 0 Å². The maximum atomic E-state index is 14.5. The highest BCUT2D eigenvalue weighted by Gasteiger charge is 2.38. The van der Waals surface area contributed by atoms with Crippen molar-refractivity contribution in [2.45, 2.75) is 72.9 Å². The lowest BCUT2D eigenvalue weighted by molar-refractivity contribution is -0.0694. The van der Waals surface area contributed by atoms with Gasteiger partial charge in [0, 0.05) is 0 Å². The van der Waals surface area contributed by atoms with Crippen molar-refractivity contribution in [2.75, 3.05) is 0 Å². The molecule has 0 fully saturated rings. The van der Waals surface area contributed by atoms with Crippen LogP contribution in [0.5, 0.6) is 0 Å². The highest BCUT2D eigenvalue weighted by atomic mass is 19.4. The number of hydrogen-bond acceptors (Lipinski definition) is 0. The van der Waals surface area contributed by atoms with Crippen molar-refractivity contribution in [3.05, 3.63) is 82.5 Å². The first-order valence-corrected chi connectivity index (χ1v) is 10.8. The molecule has 30 heavy (non-hydrogen) atoms. The van der Waals surface area contributed by atoms with Crippen LogP contribution in [0.15, 0.2) is 71.4 Å². The van der Waals surface area contributed by atoms with Crippen LogP contribution in [-0.4, -0.2) is 6.18 Å². The molecule has 0 aliphatic rings. The highest BCUT2D eigenvalue weighted by molar-refractivity contribution is 5.82. The summed E-state index contributed by atoms with van der Waals surface area (Å²) in [5.74, 6) is 0. The Labute approximate surface area is 180 Å². The normalized spacial score (nSPS) is 14.6. The third-order valence-electron chi connectivity index (χ3n) is 4.97. The Kier molecular flexibility index (Phi) is 10.7. The fourth-order valence-electron chi connectivity index (χ4n) is 3.62. The number of rotatable bonds is 10. The van der Waals surface area contributed by atoms with Crippen molar-refractivity contribution in [3.63, 3.8) is 0 Å².